The summed E-state index contributed by atoms with van der Waals surface area (Å²) in [6, 6.07) is 9.11. The van der Waals surface area contributed by atoms with E-state index in [1.54, 1.807) is 24.5 Å². The van der Waals surface area contributed by atoms with Gasteiger partial charge in [-0.1, -0.05) is 0 Å². The largest absolute Gasteiger partial charge is 0.477 e. The number of carboxylic acid groups (broad SMARTS) is 1. The van der Waals surface area contributed by atoms with Gasteiger partial charge in [0.25, 0.3) is 0 Å². The number of anilines is 2. The first-order valence-corrected chi connectivity index (χ1v) is 9.92. The molecule has 3 heterocycles. The summed E-state index contributed by atoms with van der Waals surface area (Å²) < 4.78 is 5.67. The average molecular weight is 434 g/mol. The number of aliphatic hydroxyl groups excluding tert-OH is 1. The molecule has 4 rings (SSSR count). The Kier molecular flexibility index (Phi) is 5.65. The molecule has 4 N–H and O–H groups in total. The van der Waals surface area contributed by atoms with Gasteiger partial charge in [0, 0.05) is 48.3 Å². The fourth-order valence-corrected chi connectivity index (χ4v) is 3.48. The van der Waals surface area contributed by atoms with E-state index in [1.807, 2.05) is 37.1 Å². The molecule has 1 aliphatic rings. The van der Waals surface area contributed by atoms with Gasteiger partial charge in [0.1, 0.15) is 5.65 Å². The second kappa shape index (κ2) is 8.56. The number of H-pyrrole nitrogens is 1. The van der Waals surface area contributed by atoms with E-state index in [0.717, 1.165) is 16.6 Å². The van der Waals surface area contributed by atoms with Gasteiger partial charge in [-0.05, 0) is 48.9 Å². The number of Topliss-reactive ketones (excluding diaryl/α,β-unsaturated/α-hetero) is 1. The monoisotopic (exact) mass is 434 g/mol. The number of aliphatic carboxylic acids is 1. The number of rotatable bonds is 7. The van der Waals surface area contributed by atoms with Crippen LogP contribution in [0.3, 0.4) is 0 Å². The predicted octanol–water partition coefficient (Wildman–Crippen LogP) is 2.65. The lowest BCUT2D eigenvalue weighted by molar-refractivity contribution is -0.134. The third kappa shape index (κ3) is 3.93. The third-order valence-corrected chi connectivity index (χ3v) is 5.21. The number of hydrogen-bond acceptors (Lipinski definition) is 7. The molecule has 32 heavy (non-hydrogen) atoms. The summed E-state index contributed by atoms with van der Waals surface area (Å²) in [4.78, 5) is 33.7. The molecule has 0 aliphatic carbocycles. The molecule has 0 atom stereocenters. The maximum atomic E-state index is 12.8. The molecular weight excluding hydrogens is 412 g/mol. The van der Waals surface area contributed by atoms with Crippen molar-refractivity contribution in [2.75, 3.05) is 30.4 Å². The number of aromatic nitrogens is 2. The molecule has 0 amide bonds. The lowest BCUT2D eigenvalue weighted by atomic mass is 10.1. The number of carbonyl (C=O) groups excluding carboxylic acids is 1. The van der Waals surface area contributed by atoms with Crippen LogP contribution in [0.1, 0.15) is 11.1 Å². The van der Waals surface area contributed by atoms with E-state index in [-0.39, 0.29) is 18.2 Å². The smallest absolute Gasteiger partial charge is 0.345 e. The van der Waals surface area contributed by atoms with E-state index >= 15 is 0 Å². The molecule has 0 saturated heterocycles. The zero-order valence-corrected chi connectivity index (χ0v) is 17.5. The standard InChI is InChI=1S/C23H22N4O5/c1-13-10-15(27(2)8-9-28)5-6-17(13)26-22-19(23(30)31)20(29)18(32-22)11-14-12-25-21-16(14)4-3-7-24-21/h3-7,10-12,26,28H,8-9H2,1-2H3,(H,24,25)(H,30,31). The van der Waals surface area contributed by atoms with Crippen molar-refractivity contribution in [1.82, 2.24) is 9.97 Å². The van der Waals surface area contributed by atoms with Crippen LogP contribution >= 0.6 is 0 Å². The van der Waals surface area contributed by atoms with Gasteiger partial charge in [0.05, 0.1) is 6.61 Å². The first-order valence-electron chi connectivity index (χ1n) is 9.92. The van der Waals surface area contributed by atoms with E-state index in [9.17, 15) is 14.7 Å². The Balaban J connectivity index is 1.63. The van der Waals surface area contributed by atoms with Crippen molar-refractivity contribution in [3.63, 3.8) is 0 Å². The normalized spacial score (nSPS) is 14.8. The van der Waals surface area contributed by atoms with Gasteiger partial charge in [0.2, 0.25) is 11.7 Å². The van der Waals surface area contributed by atoms with Crippen LogP contribution in [-0.2, 0) is 14.3 Å². The SMILES string of the molecule is Cc1cc(N(C)CCO)ccc1NC1=C(C(=O)O)C(=O)C(=Cc2c[nH]c3ncccc23)O1. The van der Waals surface area contributed by atoms with E-state index in [2.05, 4.69) is 15.3 Å². The molecule has 9 nitrogen and oxygen atoms in total. The molecule has 9 heteroatoms. The Morgan fingerprint density at radius 2 is 2.16 bits per heavy atom. The quantitative estimate of drug-likeness (QED) is 0.330. The highest BCUT2D eigenvalue weighted by Gasteiger charge is 2.36. The number of aliphatic hydroxyl groups is 1. The molecule has 0 unspecified atom stereocenters. The number of carboxylic acids is 1. The minimum absolute atomic E-state index is 0.0297. The summed E-state index contributed by atoms with van der Waals surface area (Å²) in [5.41, 5.74) is 3.17. The van der Waals surface area contributed by atoms with Gasteiger partial charge in [-0.3, -0.25) is 4.79 Å². The summed E-state index contributed by atoms with van der Waals surface area (Å²) in [5, 5.41) is 22.5. The van der Waals surface area contributed by atoms with Crippen LogP contribution in [0.25, 0.3) is 17.1 Å². The van der Waals surface area contributed by atoms with Crippen LogP contribution in [0.15, 0.2) is 59.9 Å². The molecule has 2 aromatic heterocycles. The van der Waals surface area contributed by atoms with Crippen LogP contribution in [0.4, 0.5) is 11.4 Å². The lowest BCUT2D eigenvalue weighted by Crippen LogP contribution is -2.21. The molecule has 0 bridgehead atoms. The number of ether oxygens (including phenoxy) is 1. The van der Waals surface area contributed by atoms with E-state index in [4.69, 9.17) is 9.84 Å². The number of fused-ring (bicyclic) bond motifs is 1. The Morgan fingerprint density at radius 1 is 1.34 bits per heavy atom. The van der Waals surface area contributed by atoms with E-state index in [1.165, 1.54) is 6.08 Å². The predicted molar refractivity (Wildman–Crippen MR) is 120 cm³/mol. The van der Waals surface area contributed by atoms with E-state index < -0.39 is 17.3 Å². The van der Waals surface area contributed by atoms with Crippen molar-refractivity contribution in [3.8, 4) is 0 Å². The summed E-state index contributed by atoms with van der Waals surface area (Å²) in [5.74, 6) is -2.31. The first kappa shape index (κ1) is 21.1. The van der Waals surface area contributed by atoms with Crippen LogP contribution in [-0.4, -0.2) is 52.1 Å². The molecule has 1 aromatic carbocycles. The maximum Gasteiger partial charge on any atom is 0.345 e. The van der Waals surface area contributed by atoms with Gasteiger partial charge in [-0.25, -0.2) is 9.78 Å². The average Bonchev–Trinajstić information content (AvgIpc) is 3.31. The number of pyridine rings is 1. The third-order valence-electron chi connectivity index (χ3n) is 5.21. The van der Waals surface area contributed by atoms with E-state index in [0.29, 0.717) is 23.4 Å². The van der Waals surface area contributed by atoms with Crippen molar-refractivity contribution >= 4 is 40.2 Å². The summed E-state index contributed by atoms with van der Waals surface area (Å²) >= 11 is 0. The minimum atomic E-state index is -1.38. The number of likely N-dealkylation sites (N-methyl/N-ethyl adjacent to an activating group) is 1. The molecule has 0 fully saturated rings. The number of aryl methyl sites for hydroxylation is 1. The van der Waals surface area contributed by atoms with Crippen molar-refractivity contribution in [2.24, 2.45) is 0 Å². The Labute approximate surface area is 183 Å². The van der Waals surface area contributed by atoms with Gasteiger partial charge < -0.3 is 30.2 Å². The zero-order valence-electron chi connectivity index (χ0n) is 17.5. The highest BCUT2D eigenvalue weighted by Crippen LogP contribution is 2.31. The molecular formula is C23H22N4O5. The van der Waals surface area contributed by atoms with Gasteiger partial charge in [-0.2, -0.15) is 0 Å². The second-order valence-electron chi connectivity index (χ2n) is 7.36. The number of allylic oxidation sites excluding steroid dienone is 1. The Bertz CT molecular complexity index is 1270. The number of benzene rings is 1. The Morgan fingerprint density at radius 3 is 2.88 bits per heavy atom. The van der Waals surface area contributed by atoms with Crippen molar-refractivity contribution in [1.29, 1.82) is 0 Å². The highest BCUT2D eigenvalue weighted by atomic mass is 16.5. The summed E-state index contributed by atoms with van der Waals surface area (Å²) in [6.07, 6.45) is 4.83. The molecule has 164 valence electrons. The zero-order chi connectivity index (χ0) is 22.8. The number of nitrogens with zero attached hydrogens (tertiary/aromatic N) is 2. The topological polar surface area (TPSA) is 128 Å². The first-order chi connectivity index (χ1) is 15.4. The number of nitrogens with one attached hydrogen (secondary N) is 2. The fraction of sp³-hybridized carbons (Fsp3) is 0.174. The lowest BCUT2D eigenvalue weighted by Gasteiger charge is -2.20. The highest BCUT2D eigenvalue weighted by molar-refractivity contribution is 6.26. The van der Waals surface area contributed by atoms with Gasteiger partial charge >= 0.3 is 5.97 Å². The van der Waals surface area contributed by atoms with Gasteiger partial charge in [0.15, 0.2) is 11.3 Å². The molecule has 1 aliphatic heterocycles. The Hall–Kier alpha value is -4.11. The number of carbonyl (C=O) groups is 2. The molecule has 0 spiro atoms. The van der Waals surface area contributed by atoms with Crippen LogP contribution < -0.4 is 10.2 Å². The van der Waals surface area contributed by atoms with Crippen LogP contribution in [0, 0.1) is 6.92 Å². The van der Waals surface area contributed by atoms with Gasteiger partial charge in [-0.15, -0.1) is 0 Å². The molecule has 3 aromatic rings. The maximum absolute atomic E-state index is 12.8. The summed E-state index contributed by atoms with van der Waals surface area (Å²) in [7, 11) is 1.86. The fourth-order valence-electron chi connectivity index (χ4n) is 3.48. The molecule has 0 saturated carbocycles. The number of aromatic amines is 1. The van der Waals surface area contributed by atoms with Crippen molar-refractivity contribution < 1.29 is 24.5 Å². The minimum Gasteiger partial charge on any atom is -0.477 e. The van der Waals surface area contributed by atoms with Crippen molar-refractivity contribution in [3.05, 3.63) is 71.1 Å². The van der Waals surface area contributed by atoms with Crippen LogP contribution in [0.5, 0.6) is 0 Å². The second-order valence-corrected chi connectivity index (χ2v) is 7.36. The molecule has 0 radical (unpaired) electrons. The number of hydrogen-bond donors (Lipinski definition) is 4. The van der Waals surface area contributed by atoms with Crippen molar-refractivity contribution in [2.45, 2.75) is 6.92 Å². The summed E-state index contributed by atoms with van der Waals surface area (Å²) in [6.45, 7) is 2.36. The van der Waals surface area contributed by atoms with Crippen LogP contribution in [0.2, 0.25) is 0 Å². The number of ketones is 1.